The SMILES string of the molecule is CCC1(O)C(=O)OCc2c1cc1n(c2=O)Cc2cc3cc(B(C(=O)O)c4ccccc4)ccc3nc2-1. The number of cyclic esters (lactones) is 1. The zero-order valence-electron chi connectivity index (χ0n) is 19.4. The van der Waals surface area contributed by atoms with Gasteiger partial charge in [0.15, 0.2) is 5.60 Å². The second-order valence-electron chi connectivity index (χ2n) is 9.23. The number of esters is 1. The van der Waals surface area contributed by atoms with E-state index in [1.807, 2.05) is 30.3 Å². The van der Waals surface area contributed by atoms with Gasteiger partial charge in [0.05, 0.1) is 29.0 Å². The van der Waals surface area contributed by atoms with Gasteiger partial charge in [0.2, 0.25) is 0 Å². The van der Waals surface area contributed by atoms with Crippen LogP contribution < -0.4 is 16.5 Å². The molecule has 4 heterocycles. The predicted octanol–water partition coefficient (Wildman–Crippen LogP) is 1.95. The minimum Gasteiger partial charge on any atom is -0.489 e. The van der Waals surface area contributed by atoms with Gasteiger partial charge in [-0.1, -0.05) is 60.3 Å². The normalized spacial score (nSPS) is 17.8. The molecule has 1 atom stereocenters. The zero-order chi connectivity index (χ0) is 25.2. The van der Waals surface area contributed by atoms with E-state index in [0.29, 0.717) is 27.8 Å². The molecule has 9 heteroatoms. The summed E-state index contributed by atoms with van der Waals surface area (Å²) in [6.45, 7) is 0.947. The van der Waals surface area contributed by atoms with Crippen molar-refractivity contribution in [3.05, 3.63) is 87.7 Å². The van der Waals surface area contributed by atoms with E-state index < -0.39 is 24.2 Å². The number of benzene rings is 2. The van der Waals surface area contributed by atoms with Crippen molar-refractivity contribution in [3.8, 4) is 11.4 Å². The van der Waals surface area contributed by atoms with Gasteiger partial charge in [-0.15, -0.1) is 0 Å². The van der Waals surface area contributed by atoms with Crippen LogP contribution in [0.4, 0.5) is 4.79 Å². The van der Waals surface area contributed by atoms with Crippen molar-refractivity contribution in [2.45, 2.75) is 32.1 Å². The topological polar surface area (TPSA) is 119 Å². The lowest BCUT2D eigenvalue weighted by Gasteiger charge is -2.31. The molecule has 8 nitrogen and oxygen atoms in total. The Labute approximate surface area is 205 Å². The van der Waals surface area contributed by atoms with Gasteiger partial charge in [-0.25, -0.2) is 9.78 Å². The second kappa shape index (κ2) is 7.89. The first-order valence-corrected chi connectivity index (χ1v) is 11.7. The van der Waals surface area contributed by atoms with Gasteiger partial charge in [0.1, 0.15) is 6.61 Å². The number of hydrogen-bond donors (Lipinski definition) is 2. The summed E-state index contributed by atoms with van der Waals surface area (Å²) in [5.41, 5.74) is 2.26. The van der Waals surface area contributed by atoms with Crippen molar-refractivity contribution in [1.29, 1.82) is 0 Å². The number of nitrogens with zero attached hydrogens (tertiary/aromatic N) is 2. The van der Waals surface area contributed by atoms with Crippen LogP contribution in [0.15, 0.2) is 65.5 Å². The third-order valence-electron chi connectivity index (χ3n) is 7.24. The summed E-state index contributed by atoms with van der Waals surface area (Å²) in [5, 5.41) is 21.7. The third kappa shape index (κ3) is 3.13. The van der Waals surface area contributed by atoms with E-state index in [1.165, 1.54) is 0 Å². The smallest absolute Gasteiger partial charge is 0.343 e. The monoisotopic (exact) mass is 480 g/mol. The molecule has 4 aromatic rings. The molecular weight excluding hydrogens is 459 g/mol. The van der Waals surface area contributed by atoms with Gasteiger partial charge in [-0.2, -0.15) is 0 Å². The van der Waals surface area contributed by atoms with Gasteiger partial charge < -0.3 is 19.5 Å². The van der Waals surface area contributed by atoms with Gasteiger partial charge in [0, 0.05) is 16.5 Å². The van der Waals surface area contributed by atoms with Crippen LogP contribution >= 0.6 is 0 Å². The molecule has 36 heavy (non-hydrogen) atoms. The van der Waals surface area contributed by atoms with Crippen LogP contribution in [0.1, 0.15) is 30.0 Å². The average Bonchev–Trinajstić information content (AvgIpc) is 3.23. The molecule has 1 unspecified atom stereocenters. The maximum atomic E-state index is 13.3. The number of carbonyl (C=O) groups excluding carboxylic acids is 1. The van der Waals surface area contributed by atoms with E-state index in [4.69, 9.17) is 9.72 Å². The molecule has 6 rings (SSSR count). The first-order chi connectivity index (χ1) is 17.3. The standard InChI is InChI=1S/C27H21BN2O6/c1-2-27(35)20-12-22-23-16(13-30(22)24(31)19(20)14-36-25(27)32)10-15-11-18(8-9-21(15)29-23)28(26(33)34)17-6-4-3-5-7-17/h3-12,35H,2,13-14H2,1H3,(H,33,34). The number of carboxylic acid groups (broad SMARTS) is 1. The summed E-state index contributed by atoms with van der Waals surface area (Å²) >= 11 is 0. The Balaban J connectivity index is 1.49. The van der Waals surface area contributed by atoms with E-state index >= 15 is 0 Å². The van der Waals surface area contributed by atoms with E-state index in [2.05, 4.69) is 0 Å². The minimum atomic E-state index is -1.87. The highest BCUT2D eigenvalue weighted by Crippen LogP contribution is 2.38. The quantitative estimate of drug-likeness (QED) is 0.298. The van der Waals surface area contributed by atoms with Crippen molar-refractivity contribution < 1.29 is 24.5 Å². The number of pyridine rings is 2. The van der Waals surface area contributed by atoms with Crippen LogP contribution in [-0.2, 0) is 28.3 Å². The molecular formula is C27H21BN2O6. The van der Waals surface area contributed by atoms with Crippen LogP contribution in [-0.4, -0.2) is 38.3 Å². The predicted molar refractivity (Wildman–Crippen MR) is 134 cm³/mol. The fraction of sp³-hybridized carbons (Fsp3) is 0.185. The highest BCUT2D eigenvalue weighted by atomic mass is 16.6. The summed E-state index contributed by atoms with van der Waals surface area (Å²) in [5.74, 6) is -1.70. The van der Waals surface area contributed by atoms with Crippen molar-refractivity contribution in [3.63, 3.8) is 0 Å². The van der Waals surface area contributed by atoms with Crippen LogP contribution in [0.25, 0.3) is 22.3 Å². The minimum absolute atomic E-state index is 0.0780. The highest BCUT2D eigenvalue weighted by Gasteiger charge is 2.45. The van der Waals surface area contributed by atoms with E-state index in [1.54, 1.807) is 41.8 Å². The Kier molecular flexibility index (Phi) is 4.88. The Morgan fingerprint density at radius 1 is 1.11 bits per heavy atom. The molecule has 0 saturated carbocycles. The largest absolute Gasteiger partial charge is 0.489 e. The van der Waals surface area contributed by atoms with Gasteiger partial charge in [-0.3, -0.25) is 9.59 Å². The molecule has 0 aliphatic carbocycles. The van der Waals surface area contributed by atoms with E-state index in [9.17, 15) is 24.6 Å². The lowest BCUT2D eigenvalue weighted by Crippen LogP contribution is -2.48. The summed E-state index contributed by atoms with van der Waals surface area (Å²) in [6.07, 6.45) is 0.0780. The molecule has 2 aromatic heterocycles. The lowest BCUT2D eigenvalue weighted by atomic mass is 9.40. The first-order valence-electron chi connectivity index (χ1n) is 11.7. The van der Waals surface area contributed by atoms with Gasteiger partial charge >= 0.3 is 12.7 Å². The molecule has 2 aliphatic rings. The molecule has 2 N–H and O–H groups in total. The molecule has 0 radical (unpaired) electrons. The molecule has 0 spiro atoms. The van der Waals surface area contributed by atoms with Crippen molar-refractivity contribution in [2.75, 3.05) is 0 Å². The van der Waals surface area contributed by atoms with E-state index in [0.717, 1.165) is 10.9 Å². The Morgan fingerprint density at radius 3 is 2.61 bits per heavy atom. The fourth-order valence-electron chi connectivity index (χ4n) is 5.31. The number of fused-ring (bicyclic) bond motifs is 5. The second-order valence-corrected chi connectivity index (χ2v) is 9.23. The molecule has 0 bridgehead atoms. The summed E-state index contributed by atoms with van der Waals surface area (Å²) in [7, 11) is 0. The number of rotatable bonds is 4. The van der Waals surface area contributed by atoms with Crippen LogP contribution in [0.5, 0.6) is 0 Å². The number of aliphatic hydroxyl groups is 1. The molecule has 0 amide bonds. The van der Waals surface area contributed by atoms with Crippen LogP contribution in [0.2, 0.25) is 0 Å². The maximum Gasteiger partial charge on any atom is 0.343 e. The zero-order valence-corrected chi connectivity index (χ0v) is 19.4. The summed E-state index contributed by atoms with van der Waals surface area (Å²) in [4.78, 5) is 42.6. The van der Waals surface area contributed by atoms with Crippen molar-refractivity contribution in [2.24, 2.45) is 0 Å². The first kappa shape index (κ1) is 22.2. The molecule has 0 saturated heterocycles. The van der Waals surface area contributed by atoms with Crippen molar-refractivity contribution >= 4 is 40.4 Å². The molecule has 178 valence electrons. The Hall–Kier alpha value is -4.24. The maximum absolute atomic E-state index is 13.3. The third-order valence-corrected chi connectivity index (χ3v) is 7.24. The molecule has 2 aliphatic heterocycles. The number of hydrogen-bond acceptors (Lipinski definition) is 6. The van der Waals surface area contributed by atoms with Gasteiger partial charge in [-0.05, 0) is 24.6 Å². The van der Waals surface area contributed by atoms with E-state index in [-0.39, 0.29) is 36.3 Å². The highest BCUT2D eigenvalue weighted by molar-refractivity contribution is 7.06. The average molecular weight is 480 g/mol. The Bertz CT molecular complexity index is 1650. The summed E-state index contributed by atoms with van der Waals surface area (Å²) < 4.78 is 6.70. The van der Waals surface area contributed by atoms with Crippen LogP contribution in [0.3, 0.4) is 0 Å². The number of ether oxygens (including phenoxy) is 1. The van der Waals surface area contributed by atoms with Crippen LogP contribution in [0, 0.1) is 0 Å². The fourth-order valence-corrected chi connectivity index (χ4v) is 5.31. The molecule has 2 aromatic carbocycles. The number of carbonyl (C=O) groups is 2. The summed E-state index contributed by atoms with van der Waals surface area (Å²) in [6, 6.07) is 18.0. The molecule has 0 fully saturated rings. The van der Waals surface area contributed by atoms with Gasteiger partial charge in [0.25, 0.3) is 11.4 Å². The lowest BCUT2D eigenvalue weighted by molar-refractivity contribution is -0.172. The number of aromatic nitrogens is 2. The van der Waals surface area contributed by atoms with Crippen molar-refractivity contribution in [1.82, 2.24) is 9.55 Å². The Morgan fingerprint density at radius 2 is 1.89 bits per heavy atom.